The second-order valence-corrected chi connectivity index (χ2v) is 9.68. The monoisotopic (exact) mass is 435 g/mol. The van der Waals surface area contributed by atoms with Gasteiger partial charge in [-0.2, -0.15) is 0 Å². The second-order valence-electron chi connectivity index (χ2n) is 9.68. The van der Waals surface area contributed by atoms with Gasteiger partial charge in [-0.25, -0.2) is 14.4 Å². The van der Waals surface area contributed by atoms with E-state index in [2.05, 4.69) is 31.2 Å². The summed E-state index contributed by atoms with van der Waals surface area (Å²) < 4.78 is 25.7. The molecule has 3 aliphatic heterocycles. The van der Waals surface area contributed by atoms with Crippen LogP contribution in [-0.4, -0.2) is 58.8 Å². The van der Waals surface area contributed by atoms with Crippen LogP contribution >= 0.6 is 0 Å². The van der Waals surface area contributed by atoms with Gasteiger partial charge in [0.25, 0.3) is 0 Å². The van der Waals surface area contributed by atoms with Crippen molar-refractivity contribution >= 4 is 16.9 Å². The Hall–Kier alpha value is -2.71. The molecule has 0 bridgehead atoms. The molecule has 3 fully saturated rings. The van der Waals surface area contributed by atoms with Crippen LogP contribution in [0.5, 0.6) is 5.75 Å². The molecule has 0 radical (unpaired) electrons. The fourth-order valence-electron chi connectivity index (χ4n) is 5.69. The first-order valence-corrected chi connectivity index (χ1v) is 11.6. The summed E-state index contributed by atoms with van der Waals surface area (Å²) in [6, 6.07) is 7.11. The Morgan fingerprint density at radius 2 is 1.91 bits per heavy atom. The Bertz CT molecular complexity index is 1170. The van der Waals surface area contributed by atoms with E-state index >= 15 is 0 Å². The van der Waals surface area contributed by atoms with Crippen LogP contribution in [0, 0.1) is 17.7 Å². The van der Waals surface area contributed by atoms with E-state index in [1.54, 1.807) is 6.33 Å². The molecule has 166 valence electrons. The lowest BCUT2D eigenvalue weighted by Crippen LogP contribution is -2.48. The predicted molar refractivity (Wildman–Crippen MR) is 117 cm³/mol. The zero-order valence-electron chi connectivity index (χ0n) is 17.8. The number of likely N-dealkylation sites (tertiary alicyclic amines) is 1. The van der Waals surface area contributed by atoms with E-state index in [4.69, 9.17) is 9.47 Å². The molecule has 0 unspecified atom stereocenters. The molecule has 3 aromatic rings. The molecule has 2 N–H and O–H groups in total. The van der Waals surface area contributed by atoms with E-state index in [0.29, 0.717) is 30.1 Å². The van der Waals surface area contributed by atoms with E-state index < -0.39 is 0 Å². The smallest absolute Gasteiger partial charge is 0.143 e. The molecule has 1 aliphatic carbocycles. The van der Waals surface area contributed by atoms with Crippen molar-refractivity contribution in [1.29, 1.82) is 0 Å². The second kappa shape index (κ2) is 7.15. The number of nitrogens with zero attached hydrogens (tertiary/aromatic N) is 3. The van der Waals surface area contributed by atoms with E-state index in [0.717, 1.165) is 48.7 Å². The van der Waals surface area contributed by atoms with Gasteiger partial charge in [0, 0.05) is 42.2 Å². The fourth-order valence-corrected chi connectivity index (χ4v) is 5.69. The van der Waals surface area contributed by atoms with E-state index in [-0.39, 0.29) is 17.9 Å². The first-order chi connectivity index (χ1) is 15.7. The van der Waals surface area contributed by atoms with Crippen LogP contribution in [0.2, 0.25) is 0 Å². The molecule has 4 atom stereocenters. The summed E-state index contributed by atoms with van der Waals surface area (Å²) in [5, 5.41) is 4.73. The molecule has 4 aliphatic rings. The van der Waals surface area contributed by atoms with Crippen molar-refractivity contribution in [3.63, 3.8) is 0 Å². The average molecular weight is 436 g/mol. The summed E-state index contributed by atoms with van der Waals surface area (Å²) in [6.07, 6.45) is 4.06. The normalized spacial score (nSPS) is 29.7. The Morgan fingerprint density at radius 1 is 1.06 bits per heavy atom. The number of hydrogen-bond acceptors (Lipinski definition) is 6. The van der Waals surface area contributed by atoms with Gasteiger partial charge in [-0.15, -0.1) is 0 Å². The molecule has 7 rings (SSSR count). The zero-order chi connectivity index (χ0) is 21.2. The number of rotatable bonds is 4. The molecule has 0 spiro atoms. The number of aromatic nitrogens is 3. The van der Waals surface area contributed by atoms with Crippen molar-refractivity contribution in [2.24, 2.45) is 11.8 Å². The Morgan fingerprint density at radius 3 is 2.72 bits per heavy atom. The quantitative estimate of drug-likeness (QED) is 0.654. The molecule has 0 amide bonds. The Labute approximate surface area is 185 Å². The number of benzene rings is 1. The maximum Gasteiger partial charge on any atom is 0.143 e. The molecular formula is C24H26FN5O2. The third-order valence-electron chi connectivity index (χ3n) is 7.60. The lowest BCUT2D eigenvalue weighted by Gasteiger charge is -2.40. The van der Waals surface area contributed by atoms with E-state index in [9.17, 15) is 4.39 Å². The molecule has 2 saturated heterocycles. The van der Waals surface area contributed by atoms with E-state index in [1.165, 1.54) is 30.7 Å². The minimum atomic E-state index is -0.280. The standard InChI is InChI=1S/C24H26FN5O2/c25-16-3-4-17-21(5-16)32-11-20(30-7-14-9-31-10-15(14)8-30)22(17)29-24-18-6-19(13-1-2-13)28-23(18)26-12-27-24/h3-6,12-15,20,22H,1-2,7-11H2,(H2,26,27,28,29)/t14-,15-,20+,22+/m1/s1. The number of hydrogen-bond donors (Lipinski definition) is 2. The van der Waals surface area contributed by atoms with Gasteiger partial charge in [0.05, 0.1) is 30.7 Å². The largest absolute Gasteiger partial charge is 0.491 e. The molecular weight excluding hydrogens is 409 g/mol. The topological polar surface area (TPSA) is 75.3 Å². The molecule has 5 heterocycles. The summed E-state index contributed by atoms with van der Waals surface area (Å²) in [7, 11) is 0. The van der Waals surface area contributed by atoms with Crippen LogP contribution in [0.25, 0.3) is 11.0 Å². The Kier molecular flexibility index (Phi) is 4.20. The molecule has 1 aromatic carbocycles. The predicted octanol–water partition coefficient (Wildman–Crippen LogP) is 3.47. The third kappa shape index (κ3) is 3.08. The summed E-state index contributed by atoms with van der Waals surface area (Å²) in [4.78, 5) is 15.0. The molecule has 2 aromatic heterocycles. The highest BCUT2D eigenvalue weighted by Crippen LogP contribution is 2.43. The van der Waals surface area contributed by atoms with Gasteiger partial charge < -0.3 is 19.8 Å². The minimum absolute atomic E-state index is 0.0588. The van der Waals surface area contributed by atoms with Crippen LogP contribution in [0.1, 0.15) is 36.1 Å². The van der Waals surface area contributed by atoms with Gasteiger partial charge in [0.1, 0.15) is 36.0 Å². The number of H-pyrrole nitrogens is 1. The number of fused-ring (bicyclic) bond motifs is 3. The number of halogens is 1. The number of anilines is 1. The van der Waals surface area contributed by atoms with Gasteiger partial charge in [0.15, 0.2) is 0 Å². The highest BCUT2D eigenvalue weighted by Gasteiger charge is 2.44. The third-order valence-corrected chi connectivity index (χ3v) is 7.60. The van der Waals surface area contributed by atoms with Gasteiger partial charge >= 0.3 is 0 Å². The molecule has 7 nitrogen and oxygen atoms in total. The van der Waals surface area contributed by atoms with Crippen molar-refractivity contribution < 1.29 is 13.9 Å². The van der Waals surface area contributed by atoms with Crippen LogP contribution in [0.3, 0.4) is 0 Å². The van der Waals surface area contributed by atoms with Gasteiger partial charge in [-0.3, -0.25) is 4.90 Å². The Balaban J connectivity index is 1.26. The number of aromatic amines is 1. The first-order valence-electron chi connectivity index (χ1n) is 11.6. The van der Waals surface area contributed by atoms with Crippen LogP contribution < -0.4 is 10.1 Å². The van der Waals surface area contributed by atoms with Gasteiger partial charge in [-0.05, 0) is 30.9 Å². The SMILES string of the molecule is Fc1ccc2c(c1)OC[C@H](N1C[C@@H]3COC[C@H]3C1)[C@H]2Nc1ncnc2[nH]c(C3CC3)cc12. The average Bonchev–Trinajstić information content (AvgIpc) is 3.20. The maximum atomic E-state index is 13.9. The lowest BCUT2D eigenvalue weighted by molar-refractivity contribution is 0.0950. The van der Waals surface area contributed by atoms with E-state index in [1.807, 2.05) is 6.07 Å². The highest BCUT2D eigenvalue weighted by molar-refractivity contribution is 5.88. The number of ether oxygens (including phenoxy) is 2. The maximum absolute atomic E-state index is 13.9. The van der Waals surface area contributed by atoms with Crippen molar-refractivity contribution in [3.8, 4) is 5.75 Å². The minimum Gasteiger partial charge on any atom is -0.491 e. The van der Waals surface area contributed by atoms with Crippen LogP contribution in [0.15, 0.2) is 30.6 Å². The summed E-state index contributed by atoms with van der Waals surface area (Å²) in [5.74, 6) is 2.93. The van der Waals surface area contributed by atoms with Crippen molar-refractivity contribution in [2.75, 3.05) is 38.2 Å². The van der Waals surface area contributed by atoms with Gasteiger partial charge in [0.2, 0.25) is 0 Å². The van der Waals surface area contributed by atoms with Crippen molar-refractivity contribution in [1.82, 2.24) is 19.9 Å². The van der Waals surface area contributed by atoms with Crippen molar-refractivity contribution in [2.45, 2.75) is 30.8 Å². The van der Waals surface area contributed by atoms with Crippen LogP contribution in [0.4, 0.5) is 10.2 Å². The van der Waals surface area contributed by atoms with Gasteiger partial charge in [-0.1, -0.05) is 6.07 Å². The molecule has 32 heavy (non-hydrogen) atoms. The summed E-state index contributed by atoms with van der Waals surface area (Å²) in [6.45, 7) is 4.21. The fraction of sp³-hybridized carbons (Fsp3) is 0.500. The summed E-state index contributed by atoms with van der Waals surface area (Å²) in [5.41, 5.74) is 3.07. The lowest BCUT2D eigenvalue weighted by atomic mass is 9.94. The molecule has 8 heteroatoms. The number of nitrogens with one attached hydrogen (secondary N) is 2. The summed E-state index contributed by atoms with van der Waals surface area (Å²) >= 11 is 0. The van der Waals surface area contributed by atoms with Crippen molar-refractivity contribution in [3.05, 3.63) is 47.7 Å². The van der Waals surface area contributed by atoms with Crippen LogP contribution in [-0.2, 0) is 4.74 Å². The first kappa shape index (κ1) is 18.8. The highest BCUT2D eigenvalue weighted by atomic mass is 19.1. The zero-order valence-corrected chi connectivity index (χ0v) is 17.8. The molecule has 1 saturated carbocycles.